The summed E-state index contributed by atoms with van der Waals surface area (Å²) in [5, 5.41) is 13.1. The van der Waals surface area contributed by atoms with Crippen LogP contribution in [0.15, 0.2) is 29.1 Å². The third kappa shape index (κ3) is 4.58. The number of para-hydroxylation sites is 1. The lowest BCUT2D eigenvalue weighted by molar-refractivity contribution is 0.0384. The SMILES string of the molecule is Cl.O=C(O)c1[nH]c2ccccc2c(=O)c1CNCCN1CCOCC1. The van der Waals surface area contributed by atoms with E-state index in [0.29, 0.717) is 17.4 Å². The molecule has 1 aromatic heterocycles. The molecule has 136 valence electrons. The van der Waals surface area contributed by atoms with Crippen molar-refractivity contribution in [1.29, 1.82) is 0 Å². The zero-order chi connectivity index (χ0) is 16.9. The fourth-order valence-corrected chi connectivity index (χ4v) is 2.90. The summed E-state index contributed by atoms with van der Waals surface area (Å²) in [6, 6.07) is 6.95. The molecule has 1 aliphatic rings. The Labute approximate surface area is 151 Å². The number of fused-ring (bicyclic) bond motifs is 1. The lowest BCUT2D eigenvalue weighted by atomic mass is 10.1. The van der Waals surface area contributed by atoms with Crippen LogP contribution in [-0.2, 0) is 11.3 Å². The molecule has 2 aromatic rings. The third-order valence-corrected chi connectivity index (χ3v) is 4.23. The van der Waals surface area contributed by atoms with E-state index in [1.54, 1.807) is 24.3 Å². The van der Waals surface area contributed by atoms with E-state index in [1.807, 2.05) is 0 Å². The van der Waals surface area contributed by atoms with Gasteiger partial charge in [-0.15, -0.1) is 12.4 Å². The number of halogens is 1. The Balaban J connectivity index is 0.00000225. The summed E-state index contributed by atoms with van der Waals surface area (Å²) in [4.78, 5) is 29.2. The van der Waals surface area contributed by atoms with E-state index in [4.69, 9.17) is 4.74 Å². The van der Waals surface area contributed by atoms with Crippen LogP contribution in [-0.4, -0.2) is 60.4 Å². The monoisotopic (exact) mass is 367 g/mol. The molecule has 1 fully saturated rings. The Morgan fingerprint density at radius 1 is 1.28 bits per heavy atom. The number of H-pyrrole nitrogens is 1. The van der Waals surface area contributed by atoms with Crippen LogP contribution in [0.4, 0.5) is 0 Å². The summed E-state index contributed by atoms with van der Waals surface area (Å²) in [5.74, 6) is -1.12. The van der Waals surface area contributed by atoms with Crippen LogP contribution in [0.2, 0.25) is 0 Å². The molecule has 1 saturated heterocycles. The number of hydrogen-bond donors (Lipinski definition) is 3. The van der Waals surface area contributed by atoms with E-state index in [0.717, 1.165) is 32.8 Å². The second kappa shape index (κ2) is 8.96. The molecule has 0 bridgehead atoms. The van der Waals surface area contributed by atoms with Crippen molar-refractivity contribution in [2.75, 3.05) is 39.4 Å². The number of pyridine rings is 1. The summed E-state index contributed by atoms with van der Waals surface area (Å²) in [6.07, 6.45) is 0. The van der Waals surface area contributed by atoms with Gasteiger partial charge in [0.1, 0.15) is 5.69 Å². The van der Waals surface area contributed by atoms with Crippen LogP contribution in [0, 0.1) is 0 Å². The molecular weight excluding hydrogens is 346 g/mol. The lowest BCUT2D eigenvalue weighted by Crippen LogP contribution is -2.40. The zero-order valence-corrected chi connectivity index (χ0v) is 14.6. The summed E-state index contributed by atoms with van der Waals surface area (Å²) in [6.45, 7) is 5.05. The van der Waals surface area contributed by atoms with Crippen molar-refractivity contribution in [3.05, 3.63) is 45.7 Å². The van der Waals surface area contributed by atoms with Gasteiger partial charge in [0.2, 0.25) is 0 Å². The number of carboxylic acids is 1. The van der Waals surface area contributed by atoms with Gasteiger partial charge >= 0.3 is 5.97 Å². The average Bonchev–Trinajstić information content (AvgIpc) is 2.61. The van der Waals surface area contributed by atoms with Crippen molar-refractivity contribution in [2.24, 2.45) is 0 Å². The topological polar surface area (TPSA) is 94.7 Å². The molecule has 0 radical (unpaired) electrons. The first-order chi connectivity index (χ1) is 11.7. The molecule has 0 spiro atoms. The molecule has 25 heavy (non-hydrogen) atoms. The van der Waals surface area contributed by atoms with E-state index in [9.17, 15) is 14.7 Å². The van der Waals surface area contributed by atoms with Crippen molar-refractivity contribution in [2.45, 2.75) is 6.54 Å². The molecule has 7 nitrogen and oxygen atoms in total. The average molecular weight is 368 g/mol. The van der Waals surface area contributed by atoms with Crippen molar-refractivity contribution in [3.63, 3.8) is 0 Å². The maximum absolute atomic E-state index is 12.6. The van der Waals surface area contributed by atoms with Crippen LogP contribution in [0.25, 0.3) is 10.9 Å². The molecule has 0 amide bonds. The normalized spacial score (nSPS) is 15.0. The van der Waals surface area contributed by atoms with Crippen molar-refractivity contribution < 1.29 is 14.6 Å². The number of morpholine rings is 1. The highest BCUT2D eigenvalue weighted by molar-refractivity contribution is 5.91. The number of ether oxygens (including phenoxy) is 1. The van der Waals surface area contributed by atoms with Gasteiger partial charge in [0.15, 0.2) is 5.43 Å². The summed E-state index contributed by atoms with van der Waals surface area (Å²) in [7, 11) is 0. The minimum absolute atomic E-state index is 0. The van der Waals surface area contributed by atoms with Gasteiger partial charge in [-0.2, -0.15) is 0 Å². The third-order valence-electron chi connectivity index (χ3n) is 4.23. The van der Waals surface area contributed by atoms with Gasteiger partial charge < -0.3 is 20.1 Å². The standard InChI is InChI=1S/C17H21N3O4.ClH/c21-16-12-3-1-2-4-14(12)19-15(17(22)23)13(16)11-18-5-6-20-7-9-24-10-8-20;/h1-4,18H,5-11H2,(H,19,21)(H,22,23);1H. The molecule has 2 heterocycles. The Morgan fingerprint density at radius 2 is 2.00 bits per heavy atom. The molecule has 1 aromatic carbocycles. The van der Waals surface area contributed by atoms with E-state index in [2.05, 4.69) is 15.2 Å². The first-order valence-electron chi connectivity index (χ1n) is 8.05. The number of rotatable bonds is 6. The minimum Gasteiger partial charge on any atom is -0.477 e. The number of carboxylic acid groups (broad SMARTS) is 1. The Bertz CT molecular complexity index is 787. The quantitative estimate of drug-likeness (QED) is 0.661. The van der Waals surface area contributed by atoms with Gasteiger partial charge in [-0.05, 0) is 12.1 Å². The number of carbonyl (C=O) groups is 1. The Kier molecular flexibility index (Phi) is 6.95. The molecule has 0 unspecified atom stereocenters. The molecule has 0 atom stereocenters. The fourth-order valence-electron chi connectivity index (χ4n) is 2.90. The molecular formula is C17H22ClN3O4. The van der Waals surface area contributed by atoms with Crippen molar-refractivity contribution in [1.82, 2.24) is 15.2 Å². The highest BCUT2D eigenvalue weighted by atomic mass is 35.5. The Morgan fingerprint density at radius 3 is 2.72 bits per heavy atom. The van der Waals surface area contributed by atoms with Crippen LogP contribution < -0.4 is 10.7 Å². The van der Waals surface area contributed by atoms with Gasteiger partial charge in [0.05, 0.1) is 13.2 Å². The number of nitrogens with zero attached hydrogens (tertiary/aromatic N) is 1. The summed E-state index contributed by atoms with van der Waals surface area (Å²) < 4.78 is 5.30. The predicted octanol–water partition coefficient (Wildman–Crippen LogP) is 1.07. The van der Waals surface area contributed by atoms with E-state index < -0.39 is 5.97 Å². The fraction of sp³-hybridized carbons (Fsp3) is 0.412. The van der Waals surface area contributed by atoms with Gasteiger partial charge in [-0.25, -0.2) is 4.79 Å². The largest absolute Gasteiger partial charge is 0.477 e. The van der Waals surface area contributed by atoms with Crippen LogP contribution >= 0.6 is 12.4 Å². The van der Waals surface area contributed by atoms with E-state index in [1.165, 1.54) is 0 Å². The first kappa shape index (κ1) is 19.4. The Hall–Kier alpha value is -1.93. The second-order valence-electron chi connectivity index (χ2n) is 5.79. The summed E-state index contributed by atoms with van der Waals surface area (Å²) >= 11 is 0. The maximum Gasteiger partial charge on any atom is 0.352 e. The van der Waals surface area contributed by atoms with Crippen molar-refractivity contribution >= 4 is 29.3 Å². The summed E-state index contributed by atoms with van der Waals surface area (Å²) in [5.41, 5.74) is 0.526. The molecule has 0 aliphatic carbocycles. The molecule has 0 saturated carbocycles. The molecule has 1 aliphatic heterocycles. The van der Waals surface area contributed by atoms with Crippen LogP contribution in [0.5, 0.6) is 0 Å². The van der Waals surface area contributed by atoms with Crippen LogP contribution in [0.1, 0.15) is 16.1 Å². The minimum atomic E-state index is -1.12. The van der Waals surface area contributed by atoms with Crippen molar-refractivity contribution in [3.8, 4) is 0 Å². The highest BCUT2D eigenvalue weighted by Crippen LogP contribution is 2.11. The highest BCUT2D eigenvalue weighted by Gasteiger charge is 2.17. The van der Waals surface area contributed by atoms with Gasteiger partial charge in [0, 0.05) is 49.2 Å². The predicted molar refractivity (Wildman–Crippen MR) is 97.7 cm³/mol. The van der Waals surface area contributed by atoms with Gasteiger partial charge in [0.25, 0.3) is 0 Å². The molecule has 3 N–H and O–H groups in total. The van der Waals surface area contributed by atoms with E-state index in [-0.39, 0.29) is 35.6 Å². The first-order valence-corrected chi connectivity index (χ1v) is 8.05. The zero-order valence-electron chi connectivity index (χ0n) is 13.8. The number of hydrogen-bond acceptors (Lipinski definition) is 5. The molecule has 3 rings (SSSR count). The number of benzene rings is 1. The lowest BCUT2D eigenvalue weighted by Gasteiger charge is -2.26. The maximum atomic E-state index is 12.6. The number of nitrogens with one attached hydrogen (secondary N) is 2. The van der Waals surface area contributed by atoms with E-state index >= 15 is 0 Å². The van der Waals surface area contributed by atoms with Gasteiger partial charge in [-0.3, -0.25) is 9.69 Å². The number of aromatic carboxylic acids is 1. The number of aromatic amines is 1. The van der Waals surface area contributed by atoms with Gasteiger partial charge in [-0.1, -0.05) is 12.1 Å². The van der Waals surface area contributed by atoms with Crippen LogP contribution in [0.3, 0.4) is 0 Å². The number of aromatic nitrogens is 1. The molecule has 8 heteroatoms. The smallest absolute Gasteiger partial charge is 0.352 e. The second-order valence-corrected chi connectivity index (χ2v) is 5.79.